The lowest BCUT2D eigenvalue weighted by molar-refractivity contribution is -0.385. The van der Waals surface area contributed by atoms with Gasteiger partial charge in [-0.05, 0) is 44.5 Å². The zero-order chi connectivity index (χ0) is 13.0. The van der Waals surface area contributed by atoms with Crippen LogP contribution in [0.4, 0.5) is 5.69 Å². The minimum absolute atomic E-state index is 0.0522. The van der Waals surface area contributed by atoms with Crippen molar-refractivity contribution in [2.75, 3.05) is 26.2 Å². The molecule has 1 heterocycles. The van der Waals surface area contributed by atoms with Crippen molar-refractivity contribution in [3.8, 4) is 5.75 Å². The quantitative estimate of drug-likeness (QED) is 0.594. The van der Waals surface area contributed by atoms with Crippen LogP contribution in [0.2, 0.25) is 0 Å². The number of likely N-dealkylation sites (tertiary alicyclic amines) is 1. The zero-order valence-corrected chi connectivity index (χ0v) is 10.6. The van der Waals surface area contributed by atoms with Crippen LogP contribution in [-0.2, 0) is 0 Å². The molecule has 0 bridgehead atoms. The van der Waals surface area contributed by atoms with Gasteiger partial charge in [0.25, 0.3) is 0 Å². The Morgan fingerprint density at radius 1 is 1.39 bits per heavy atom. The molecule has 0 aliphatic carbocycles. The van der Waals surface area contributed by atoms with E-state index in [4.69, 9.17) is 4.74 Å². The Morgan fingerprint density at radius 2 is 2.11 bits per heavy atom. The highest BCUT2D eigenvalue weighted by Gasteiger charge is 2.16. The van der Waals surface area contributed by atoms with Crippen molar-refractivity contribution in [1.82, 2.24) is 4.90 Å². The molecule has 0 spiro atoms. The Labute approximate surface area is 107 Å². The summed E-state index contributed by atoms with van der Waals surface area (Å²) in [7, 11) is 0. The summed E-state index contributed by atoms with van der Waals surface area (Å²) in [6, 6.07) is 5.06. The van der Waals surface area contributed by atoms with E-state index < -0.39 is 4.92 Å². The number of nitro benzene ring substituents is 1. The molecule has 1 aromatic carbocycles. The minimum atomic E-state index is -0.391. The summed E-state index contributed by atoms with van der Waals surface area (Å²) in [5.74, 6) is 0.366. The molecule has 0 aromatic heterocycles. The van der Waals surface area contributed by atoms with Gasteiger partial charge in [0.2, 0.25) is 0 Å². The highest BCUT2D eigenvalue weighted by molar-refractivity contribution is 5.48. The molecule has 2 rings (SSSR count). The monoisotopic (exact) mass is 250 g/mol. The van der Waals surface area contributed by atoms with Crippen LogP contribution >= 0.6 is 0 Å². The third-order valence-electron chi connectivity index (χ3n) is 3.17. The number of hydrogen-bond acceptors (Lipinski definition) is 4. The lowest BCUT2D eigenvalue weighted by Gasteiger charge is -2.14. The predicted molar refractivity (Wildman–Crippen MR) is 69.0 cm³/mol. The summed E-state index contributed by atoms with van der Waals surface area (Å²) >= 11 is 0. The van der Waals surface area contributed by atoms with Crippen LogP contribution in [0.5, 0.6) is 5.75 Å². The third kappa shape index (κ3) is 3.20. The number of aryl methyl sites for hydroxylation is 1. The van der Waals surface area contributed by atoms with Gasteiger partial charge in [0.1, 0.15) is 6.61 Å². The molecule has 1 aliphatic heterocycles. The van der Waals surface area contributed by atoms with Crippen molar-refractivity contribution in [1.29, 1.82) is 0 Å². The Balaban J connectivity index is 1.93. The zero-order valence-electron chi connectivity index (χ0n) is 10.6. The van der Waals surface area contributed by atoms with Gasteiger partial charge in [-0.25, -0.2) is 0 Å². The van der Waals surface area contributed by atoms with Crippen LogP contribution in [0.15, 0.2) is 18.2 Å². The second-order valence-electron chi connectivity index (χ2n) is 4.63. The van der Waals surface area contributed by atoms with E-state index >= 15 is 0 Å². The fourth-order valence-corrected chi connectivity index (χ4v) is 2.18. The SMILES string of the molecule is Cc1ccc(OCCN2CCCC2)c([N+](=O)[O-])c1. The molecule has 98 valence electrons. The summed E-state index contributed by atoms with van der Waals surface area (Å²) in [5.41, 5.74) is 0.921. The van der Waals surface area contributed by atoms with Crippen LogP contribution < -0.4 is 4.74 Å². The molecule has 0 N–H and O–H groups in total. The lowest BCUT2D eigenvalue weighted by atomic mass is 10.2. The van der Waals surface area contributed by atoms with E-state index in [2.05, 4.69) is 4.90 Å². The molecule has 5 heteroatoms. The van der Waals surface area contributed by atoms with Gasteiger partial charge in [-0.1, -0.05) is 6.07 Å². The summed E-state index contributed by atoms with van der Waals surface area (Å²) in [6.45, 7) is 5.40. The Hall–Kier alpha value is -1.62. The standard InChI is InChI=1S/C13H18N2O3/c1-11-4-5-13(12(10-11)15(16)17)18-9-8-14-6-2-3-7-14/h4-5,10H,2-3,6-9H2,1H3. The molecule has 1 aromatic rings. The molecule has 1 saturated heterocycles. The number of nitro groups is 1. The first-order valence-electron chi connectivity index (χ1n) is 6.27. The van der Waals surface area contributed by atoms with E-state index in [9.17, 15) is 10.1 Å². The van der Waals surface area contributed by atoms with Gasteiger partial charge in [-0.2, -0.15) is 0 Å². The smallest absolute Gasteiger partial charge is 0.311 e. The summed E-state index contributed by atoms with van der Waals surface area (Å²) < 4.78 is 5.53. The first-order chi connectivity index (χ1) is 8.66. The highest BCUT2D eigenvalue weighted by atomic mass is 16.6. The van der Waals surface area contributed by atoms with Gasteiger partial charge in [0, 0.05) is 12.6 Å². The summed E-state index contributed by atoms with van der Waals surface area (Å²) in [4.78, 5) is 12.8. The summed E-state index contributed by atoms with van der Waals surface area (Å²) in [5, 5.41) is 10.9. The largest absolute Gasteiger partial charge is 0.485 e. The van der Waals surface area contributed by atoms with Crippen molar-refractivity contribution in [3.63, 3.8) is 0 Å². The van der Waals surface area contributed by atoms with E-state index in [0.717, 1.165) is 25.2 Å². The lowest BCUT2D eigenvalue weighted by Crippen LogP contribution is -2.25. The van der Waals surface area contributed by atoms with E-state index in [0.29, 0.717) is 12.4 Å². The van der Waals surface area contributed by atoms with Crippen molar-refractivity contribution < 1.29 is 9.66 Å². The molecule has 1 aliphatic rings. The van der Waals surface area contributed by atoms with E-state index in [1.807, 2.05) is 13.0 Å². The topological polar surface area (TPSA) is 55.6 Å². The van der Waals surface area contributed by atoms with Crippen LogP contribution in [0.1, 0.15) is 18.4 Å². The van der Waals surface area contributed by atoms with Crippen LogP contribution in [0.3, 0.4) is 0 Å². The van der Waals surface area contributed by atoms with E-state index in [1.54, 1.807) is 12.1 Å². The van der Waals surface area contributed by atoms with Crippen LogP contribution in [0.25, 0.3) is 0 Å². The number of nitrogens with zero attached hydrogens (tertiary/aromatic N) is 2. The molecular formula is C13H18N2O3. The predicted octanol–water partition coefficient (Wildman–Crippen LogP) is 2.38. The van der Waals surface area contributed by atoms with Crippen LogP contribution in [-0.4, -0.2) is 36.1 Å². The van der Waals surface area contributed by atoms with Gasteiger partial charge in [-0.15, -0.1) is 0 Å². The molecule has 0 unspecified atom stereocenters. The van der Waals surface area contributed by atoms with Crippen molar-refractivity contribution in [2.24, 2.45) is 0 Å². The fraction of sp³-hybridized carbons (Fsp3) is 0.538. The second kappa shape index (κ2) is 5.82. The van der Waals surface area contributed by atoms with Crippen LogP contribution in [0, 0.1) is 17.0 Å². The van der Waals surface area contributed by atoms with Gasteiger partial charge in [-0.3, -0.25) is 15.0 Å². The molecule has 0 amide bonds. The molecule has 5 nitrogen and oxygen atoms in total. The summed E-state index contributed by atoms with van der Waals surface area (Å²) in [6.07, 6.45) is 2.48. The van der Waals surface area contributed by atoms with Gasteiger partial charge in [0.05, 0.1) is 4.92 Å². The molecule has 0 atom stereocenters. The Kier molecular flexibility index (Phi) is 4.15. The second-order valence-corrected chi connectivity index (χ2v) is 4.63. The molecule has 18 heavy (non-hydrogen) atoms. The number of benzene rings is 1. The molecular weight excluding hydrogens is 232 g/mol. The molecule has 1 fully saturated rings. The number of hydrogen-bond donors (Lipinski definition) is 0. The maximum atomic E-state index is 10.9. The van der Waals surface area contributed by atoms with E-state index in [1.165, 1.54) is 12.8 Å². The maximum Gasteiger partial charge on any atom is 0.311 e. The highest BCUT2D eigenvalue weighted by Crippen LogP contribution is 2.27. The Morgan fingerprint density at radius 3 is 2.78 bits per heavy atom. The third-order valence-corrected chi connectivity index (χ3v) is 3.17. The Bertz CT molecular complexity index is 428. The number of rotatable bonds is 5. The first kappa shape index (κ1) is 12.8. The van der Waals surface area contributed by atoms with Crippen molar-refractivity contribution >= 4 is 5.69 Å². The minimum Gasteiger partial charge on any atom is -0.485 e. The van der Waals surface area contributed by atoms with Gasteiger partial charge in [0.15, 0.2) is 5.75 Å². The first-order valence-corrected chi connectivity index (χ1v) is 6.27. The fourth-order valence-electron chi connectivity index (χ4n) is 2.18. The maximum absolute atomic E-state index is 10.9. The van der Waals surface area contributed by atoms with Gasteiger partial charge >= 0.3 is 5.69 Å². The van der Waals surface area contributed by atoms with E-state index in [-0.39, 0.29) is 5.69 Å². The number of ether oxygens (including phenoxy) is 1. The molecule has 0 radical (unpaired) electrons. The van der Waals surface area contributed by atoms with Crippen molar-refractivity contribution in [2.45, 2.75) is 19.8 Å². The average molecular weight is 250 g/mol. The van der Waals surface area contributed by atoms with Crippen molar-refractivity contribution in [3.05, 3.63) is 33.9 Å². The molecule has 0 saturated carbocycles. The average Bonchev–Trinajstić information content (AvgIpc) is 2.84. The van der Waals surface area contributed by atoms with Gasteiger partial charge < -0.3 is 4.74 Å². The normalized spacial score (nSPS) is 15.8.